The number of benzene rings is 2. The quantitative estimate of drug-likeness (QED) is 0.744. The summed E-state index contributed by atoms with van der Waals surface area (Å²) in [6.45, 7) is 4.27. The fourth-order valence-electron chi connectivity index (χ4n) is 2.04. The molecule has 0 spiro atoms. The van der Waals surface area contributed by atoms with Gasteiger partial charge in [-0.05, 0) is 55.3 Å². The van der Waals surface area contributed by atoms with Crippen LogP contribution in [0.25, 0.3) is 0 Å². The number of hydrogen-bond acceptors (Lipinski definition) is 2. The fraction of sp³-hybridized carbons (Fsp3) is 0.294. The molecule has 0 amide bonds. The molecule has 0 aromatic heterocycles. The molecule has 0 bridgehead atoms. The van der Waals surface area contributed by atoms with Gasteiger partial charge in [0.2, 0.25) is 0 Å². The van der Waals surface area contributed by atoms with Crippen molar-refractivity contribution in [1.29, 1.82) is 0 Å². The van der Waals surface area contributed by atoms with E-state index in [0.29, 0.717) is 11.6 Å². The minimum Gasteiger partial charge on any atom is -0.492 e. The molecule has 0 saturated heterocycles. The second-order valence-electron chi connectivity index (χ2n) is 4.75. The average molecular weight is 324 g/mol. The van der Waals surface area contributed by atoms with Gasteiger partial charge in [-0.15, -0.1) is 0 Å². The molecular formula is C17H19Cl2NO. The zero-order valence-electron chi connectivity index (χ0n) is 12.0. The van der Waals surface area contributed by atoms with Crippen LogP contribution in [0.15, 0.2) is 42.5 Å². The molecule has 2 aromatic rings. The zero-order valence-corrected chi connectivity index (χ0v) is 13.5. The maximum atomic E-state index is 6.17. The topological polar surface area (TPSA) is 21.3 Å². The van der Waals surface area contributed by atoms with Gasteiger partial charge in [-0.2, -0.15) is 0 Å². The minimum absolute atomic E-state index is 0.623. The maximum absolute atomic E-state index is 6.17. The highest BCUT2D eigenvalue weighted by molar-refractivity contribution is 6.32. The summed E-state index contributed by atoms with van der Waals surface area (Å²) in [6.07, 6.45) is 0.974. The summed E-state index contributed by atoms with van der Waals surface area (Å²) >= 11 is 12.0. The van der Waals surface area contributed by atoms with Gasteiger partial charge in [0.05, 0.1) is 11.6 Å². The van der Waals surface area contributed by atoms with Crippen molar-refractivity contribution in [1.82, 2.24) is 5.32 Å². The van der Waals surface area contributed by atoms with E-state index >= 15 is 0 Å². The lowest BCUT2D eigenvalue weighted by molar-refractivity contribution is 0.340. The number of rotatable bonds is 7. The van der Waals surface area contributed by atoms with Gasteiger partial charge >= 0.3 is 0 Å². The van der Waals surface area contributed by atoms with Gasteiger partial charge < -0.3 is 10.1 Å². The first-order chi connectivity index (χ1) is 10.2. The molecule has 2 aromatic carbocycles. The highest BCUT2D eigenvalue weighted by Gasteiger charge is 2.02. The Labute approximate surface area is 136 Å². The molecule has 112 valence electrons. The summed E-state index contributed by atoms with van der Waals surface area (Å²) in [4.78, 5) is 0. The van der Waals surface area contributed by atoms with Crippen molar-refractivity contribution in [3.8, 4) is 5.75 Å². The van der Waals surface area contributed by atoms with Gasteiger partial charge in [-0.3, -0.25) is 0 Å². The fourth-order valence-corrected chi connectivity index (χ4v) is 2.43. The molecule has 0 atom stereocenters. The minimum atomic E-state index is 0.623. The van der Waals surface area contributed by atoms with Crippen molar-refractivity contribution in [2.75, 3.05) is 13.2 Å². The van der Waals surface area contributed by atoms with Crippen LogP contribution in [-0.2, 0) is 13.0 Å². The molecular weight excluding hydrogens is 305 g/mol. The summed E-state index contributed by atoms with van der Waals surface area (Å²) in [5.74, 6) is 0.740. The number of halogens is 2. The molecule has 0 fully saturated rings. The summed E-state index contributed by atoms with van der Waals surface area (Å²) in [5.41, 5.74) is 2.43. The highest BCUT2D eigenvalue weighted by Crippen LogP contribution is 2.25. The van der Waals surface area contributed by atoms with Gasteiger partial charge in [0.1, 0.15) is 5.75 Å². The smallest absolute Gasteiger partial charge is 0.137 e. The van der Waals surface area contributed by atoms with E-state index in [-0.39, 0.29) is 0 Å². The Morgan fingerprint density at radius 1 is 1.00 bits per heavy atom. The molecule has 0 aliphatic heterocycles. The Hall–Kier alpha value is -1.22. The molecule has 0 radical (unpaired) electrons. The van der Waals surface area contributed by atoms with Crippen molar-refractivity contribution < 1.29 is 4.74 Å². The maximum Gasteiger partial charge on any atom is 0.137 e. The summed E-state index contributed by atoms with van der Waals surface area (Å²) in [5, 5.41) is 4.85. The van der Waals surface area contributed by atoms with E-state index < -0.39 is 0 Å². The Morgan fingerprint density at radius 2 is 1.71 bits per heavy atom. The molecule has 1 N–H and O–H groups in total. The van der Waals surface area contributed by atoms with E-state index in [2.05, 4.69) is 17.4 Å². The van der Waals surface area contributed by atoms with Gasteiger partial charge in [0.25, 0.3) is 0 Å². The predicted octanol–water partition coefficient (Wildman–Crippen LogP) is 4.72. The molecule has 2 rings (SSSR count). The van der Waals surface area contributed by atoms with E-state index in [1.165, 1.54) is 5.56 Å². The second kappa shape index (κ2) is 8.28. The zero-order chi connectivity index (χ0) is 15.1. The number of ether oxygens (including phenoxy) is 1. The molecule has 0 aliphatic rings. The number of nitrogens with one attached hydrogen (secondary N) is 1. The number of hydrogen-bond donors (Lipinski definition) is 1. The summed E-state index contributed by atoms with van der Waals surface area (Å²) in [6, 6.07) is 13.8. The first-order valence-electron chi connectivity index (χ1n) is 7.05. The summed E-state index contributed by atoms with van der Waals surface area (Å²) in [7, 11) is 0. The highest BCUT2D eigenvalue weighted by atomic mass is 35.5. The van der Waals surface area contributed by atoms with Crippen LogP contribution in [0.1, 0.15) is 18.1 Å². The van der Waals surface area contributed by atoms with E-state index in [9.17, 15) is 0 Å². The van der Waals surface area contributed by atoms with Crippen LogP contribution in [0.5, 0.6) is 5.75 Å². The lowest BCUT2D eigenvalue weighted by atomic mass is 10.1. The molecule has 21 heavy (non-hydrogen) atoms. The SMILES string of the molecule is CCOc1ccc(CNCCc2ccc(Cl)cc2)cc1Cl. The van der Waals surface area contributed by atoms with Crippen molar-refractivity contribution >= 4 is 23.2 Å². The van der Waals surface area contributed by atoms with E-state index in [0.717, 1.165) is 35.8 Å². The van der Waals surface area contributed by atoms with Gasteiger partial charge in [-0.25, -0.2) is 0 Å². The van der Waals surface area contributed by atoms with Crippen molar-refractivity contribution in [2.24, 2.45) is 0 Å². The second-order valence-corrected chi connectivity index (χ2v) is 5.59. The van der Waals surface area contributed by atoms with Crippen molar-refractivity contribution in [2.45, 2.75) is 19.9 Å². The Bertz CT molecular complexity index is 570. The first kappa shape index (κ1) is 16.2. The first-order valence-corrected chi connectivity index (χ1v) is 7.81. The third kappa shape index (κ3) is 5.24. The van der Waals surface area contributed by atoms with Crippen LogP contribution in [0, 0.1) is 0 Å². The molecule has 4 heteroatoms. The van der Waals surface area contributed by atoms with Crippen molar-refractivity contribution in [3.63, 3.8) is 0 Å². The molecule has 0 saturated carbocycles. The Morgan fingerprint density at radius 3 is 2.38 bits per heavy atom. The lowest BCUT2D eigenvalue weighted by Crippen LogP contribution is -2.16. The van der Waals surface area contributed by atoms with E-state index in [1.54, 1.807) is 0 Å². The molecule has 0 unspecified atom stereocenters. The normalized spacial score (nSPS) is 10.6. The molecule has 2 nitrogen and oxygen atoms in total. The van der Waals surface area contributed by atoms with Crippen LogP contribution in [0.3, 0.4) is 0 Å². The Kier molecular flexibility index (Phi) is 6.37. The van der Waals surface area contributed by atoms with Crippen LogP contribution in [-0.4, -0.2) is 13.2 Å². The lowest BCUT2D eigenvalue weighted by Gasteiger charge is -2.09. The van der Waals surface area contributed by atoms with Crippen LogP contribution in [0.4, 0.5) is 0 Å². The largest absolute Gasteiger partial charge is 0.492 e. The van der Waals surface area contributed by atoms with Crippen LogP contribution < -0.4 is 10.1 Å². The predicted molar refractivity (Wildman–Crippen MR) is 89.5 cm³/mol. The van der Waals surface area contributed by atoms with Gasteiger partial charge in [-0.1, -0.05) is 41.4 Å². The van der Waals surface area contributed by atoms with Crippen LogP contribution in [0.2, 0.25) is 10.0 Å². The van der Waals surface area contributed by atoms with Crippen LogP contribution >= 0.6 is 23.2 Å². The summed E-state index contributed by atoms with van der Waals surface area (Å²) < 4.78 is 5.42. The average Bonchev–Trinajstić information content (AvgIpc) is 2.48. The van der Waals surface area contributed by atoms with Gasteiger partial charge in [0.15, 0.2) is 0 Å². The third-order valence-corrected chi connectivity index (χ3v) is 3.68. The monoisotopic (exact) mass is 323 g/mol. The molecule has 0 heterocycles. The van der Waals surface area contributed by atoms with Crippen molar-refractivity contribution in [3.05, 3.63) is 63.6 Å². The third-order valence-electron chi connectivity index (χ3n) is 3.13. The van der Waals surface area contributed by atoms with E-state index in [1.807, 2.05) is 37.3 Å². The Balaban J connectivity index is 1.78. The van der Waals surface area contributed by atoms with Gasteiger partial charge in [0, 0.05) is 11.6 Å². The molecule has 0 aliphatic carbocycles. The van der Waals surface area contributed by atoms with E-state index in [4.69, 9.17) is 27.9 Å². The standard InChI is InChI=1S/C17H19Cl2NO/c1-2-21-17-8-5-14(11-16(17)19)12-20-10-9-13-3-6-15(18)7-4-13/h3-8,11,20H,2,9-10,12H2,1H3.